The Balaban J connectivity index is 1.66. The quantitative estimate of drug-likeness (QED) is 0.165. The Labute approximate surface area is 270 Å². The smallest absolute Gasteiger partial charge is 0.340 e. The van der Waals surface area contributed by atoms with E-state index in [1.54, 1.807) is 7.11 Å². The van der Waals surface area contributed by atoms with Gasteiger partial charge in [0.25, 0.3) is 0 Å². The molecule has 7 nitrogen and oxygen atoms in total. The highest BCUT2D eigenvalue weighted by Gasteiger charge is 2.37. The second kappa shape index (κ2) is 14.8. The van der Waals surface area contributed by atoms with E-state index in [2.05, 4.69) is 67.4 Å². The van der Waals surface area contributed by atoms with Crippen molar-refractivity contribution in [3.8, 4) is 16.9 Å². The molecule has 1 aliphatic heterocycles. The molecule has 1 fully saturated rings. The summed E-state index contributed by atoms with van der Waals surface area (Å²) in [6.45, 7) is 20.3. The first kappa shape index (κ1) is 34.5. The monoisotopic (exact) mass is 615 g/mol. The number of hydrogen-bond acceptors (Lipinski definition) is 7. The molecule has 244 valence electrons. The molecule has 1 atom stereocenters. The van der Waals surface area contributed by atoms with Gasteiger partial charge in [-0.1, -0.05) is 50.2 Å². The van der Waals surface area contributed by atoms with Gasteiger partial charge in [-0.05, 0) is 102 Å². The van der Waals surface area contributed by atoms with Crippen molar-refractivity contribution in [2.45, 2.75) is 92.9 Å². The minimum atomic E-state index is -0.879. The van der Waals surface area contributed by atoms with Crippen LogP contribution in [0.5, 0.6) is 5.75 Å². The van der Waals surface area contributed by atoms with Crippen LogP contribution in [0.3, 0.4) is 0 Å². The highest BCUT2D eigenvalue weighted by atomic mass is 16.6. The van der Waals surface area contributed by atoms with Crippen LogP contribution in [0.1, 0.15) is 88.6 Å². The molecule has 1 N–H and O–H groups in total. The summed E-state index contributed by atoms with van der Waals surface area (Å²) in [5.41, 5.74) is 7.96. The van der Waals surface area contributed by atoms with E-state index < -0.39 is 11.7 Å². The molecule has 0 saturated carbocycles. The van der Waals surface area contributed by atoms with E-state index in [9.17, 15) is 4.79 Å². The molecule has 0 spiro atoms. The van der Waals surface area contributed by atoms with E-state index in [0.29, 0.717) is 0 Å². The summed E-state index contributed by atoms with van der Waals surface area (Å²) < 4.78 is 17.3. The van der Waals surface area contributed by atoms with Crippen LogP contribution < -0.4 is 15.0 Å². The van der Waals surface area contributed by atoms with Gasteiger partial charge < -0.3 is 24.4 Å². The molecule has 2 heterocycles. The maximum absolute atomic E-state index is 13.5. The summed E-state index contributed by atoms with van der Waals surface area (Å²) in [4.78, 5) is 21.0. The lowest BCUT2D eigenvalue weighted by molar-refractivity contribution is -0.166. The maximum atomic E-state index is 13.5. The van der Waals surface area contributed by atoms with Gasteiger partial charge in [-0.15, -0.1) is 0 Å². The van der Waals surface area contributed by atoms with Gasteiger partial charge in [-0.25, -0.2) is 4.79 Å². The molecule has 2 aromatic carbocycles. The zero-order valence-electron chi connectivity index (χ0n) is 28.9. The van der Waals surface area contributed by atoms with Gasteiger partial charge in [-0.3, -0.25) is 4.98 Å². The van der Waals surface area contributed by atoms with E-state index in [1.807, 2.05) is 46.8 Å². The highest BCUT2D eigenvalue weighted by Crippen LogP contribution is 2.45. The van der Waals surface area contributed by atoms with Crippen LogP contribution in [0, 0.1) is 19.3 Å². The number of carbonyl (C=O) groups excluding carboxylic acids is 1. The van der Waals surface area contributed by atoms with Crippen molar-refractivity contribution in [2.24, 2.45) is 5.41 Å². The SMILES string of the molecule is CCOC(=O)[C@@H](OC(C)(C)C)c1c(C)nc(C)c(-c2ccc(CNCCc3ccc(OC)cc3)cc2)c1N1CCC(C)(C)CC1. The lowest BCUT2D eigenvalue weighted by atomic mass is 9.81. The Kier molecular flexibility index (Phi) is 11.3. The number of esters is 1. The Bertz CT molecular complexity index is 1420. The van der Waals surface area contributed by atoms with Gasteiger partial charge >= 0.3 is 5.97 Å². The molecule has 0 radical (unpaired) electrons. The normalized spacial score (nSPS) is 15.5. The number of ether oxygens (including phenoxy) is 3. The van der Waals surface area contributed by atoms with Crippen LogP contribution in [-0.2, 0) is 27.2 Å². The second-order valence-corrected chi connectivity index (χ2v) is 13.9. The predicted octanol–water partition coefficient (Wildman–Crippen LogP) is 7.75. The van der Waals surface area contributed by atoms with Gasteiger partial charge in [0, 0.05) is 42.1 Å². The van der Waals surface area contributed by atoms with E-state index >= 15 is 0 Å². The van der Waals surface area contributed by atoms with Gasteiger partial charge in [0.15, 0.2) is 6.10 Å². The fourth-order valence-electron chi connectivity index (χ4n) is 6.01. The average molecular weight is 616 g/mol. The van der Waals surface area contributed by atoms with Gasteiger partial charge in [0.1, 0.15) is 5.75 Å². The molecule has 1 aromatic heterocycles. The van der Waals surface area contributed by atoms with Gasteiger partial charge in [-0.2, -0.15) is 0 Å². The average Bonchev–Trinajstić information content (AvgIpc) is 2.98. The lowest BCUT2D eigenvalue weighted by Gasteiger charge is -2.41. The summed E-state index contributed by atoms with van der Waals surface area (Å²) in [6.07, 6.45) is 2.21. The molecule has 0 aliphatic carbocycles. The molecule has 4 rings (SSSR count). The number of aryl methyl sites for hydroxylation is 2. The van der Waals surface area contributed by atoms with E-state index in [1.165, 1.54) is 11.1 Å². The molecule has 3 aromatic rings. The van der Waals surface area contributed by atoms with Crippen LogP contribution >= 0.6 is 0 Å². The third-order valence-electron chi connectivity index (χ3n) is 8.57. The number of rotatable bonds is 12. The second-order valence-electron chi connectivity index (χ2n) is 13.9. The number of aromatic nitrogens is 1. The Hall–Kier alpha value is -3.42. The number of pyridine rings is 1. The van der Waals surface area contributed by atoms with Crippen LogP contribution in [-0.4, -0.2) is 49.9 Å². The summed E-state index contributed by atoms with van der Waals surface area (Å²) in [7, 11) is 1.69. The third kappa shape index (κ3) is 9.08. The molecule has 0 unspecified atom stereocenters. The fraction of sp³-hybridized carbons (Fsp3) is 0.526. The molecule has 7 heteroatoms. The number of hydrogen-bond donors (Lipinski definition) is 1. The Morgan fingerprint density at radius 1 is 0.978 bits per heavy atom. The van der Waals surface area contributed by atoms with E-state index in [4.69, 9.17) is 19.2 Å². The van der Waals surface area contributed by atoms with Crippen molar-refractivity contribution in [3.05, 3.63) is 76.6 Å². The number of nitrogens with zero attached hydrogens (tertiary/aromatic N) is 2. The number of methoxy groups -OCH3 is 1. The Morgan fingerprint density at radius 3 is 2.18 bits per heavy atom. The molecular formula is C38H53N3O4. The van der Waals surface area contributed by atoms with Crippen molar-refractivity contribution in [3.63, 3.8) is 0 Å². The minimum Gasteiger partial charge on any atom is -0.497 e. The Morgan fingerprint density at radius 2 is 1.60 bits per heavy atom. The standard InChI is InChI=1S/C38H53N3O4/c1-10-44-36(42)35(45-37(4,5)6)33-27(3)40-26(2)32(34(33)41-23-20-38(7,8)21-24-41)30-15-11-29(12-16-30)25-39-22-19-28-13-17-31(43-9)18-14-28/h11-18,35,39H,10,19-25H2,1-9H3/t35-/m0/s1. The molecule has 1 saturated heterocycles. The maximum Gasteiger partial charge on any atom is 0.340 e. The van der Waals surface area contributed by atoms with Gasteiger partial charge in [0.2, 0.25) is 0 Å². The predicted molar refractivity (Wildman–Crippen MR) is 183 cm³/mol. The largest absolute Gasteiger partial charge is 0.497 e. The minimum absolute atomic E-state index is 0.276. The molecule has 45 heavy (non-hydrogen) atoms. The number of nitrogens with one attached hydrogen (secondary N) is 1. The zero-order chi connectivity index (χ0) is 32.8. The highest BCUT2D eigenvalue weighted by molar-refractivity contribution is 5.88. The molecule has 0 bridgehead atoms. The number of carbonyl (C=O) groups is 1. The first-order valence-corrected chi connectivity index (χ1v) is 16.4. The van der Waals surface area contributed by atoms with Gasteiger partial charge in [0.05, 0.1) is 25.0 Å². The number of benzene rings is 2. The first-order valence-electron chi connectivity index (χ1n) is 16.4. The van der Waals surface area contributed by atoms with E-state index in [-0.39, 0.29) is 18.0 Å². The van der Waals surface area contributed by atoms with E-state index in [0.717, 1.165) is 85.0 Å². The lowest BCUT2D eigenvalue weighted by Crippen LogP contribution is -2.39. The molecule has 0 amide bonds. The summed E-state index contributed by atoms with van der Waals surface area (Å²) in [6, 6.07) is 17.0. The van der Waals surface area contributed by atoms with Crippen LogP contribution in [0.2, 0.25) is 0 Å². The number of anilines is 1. The fourth-order valence-corrected chi connectivity index (χ4v) is 6.01. The van der Waals surface area contributed by atoms with Crippen molar-refractivity contribution in [1.82, 2.24) is 10.3 Å². The van der Waals surface area contributed by atoms with Crippen LogP contribution in [0.4, 0.5) is 5.69 Å². The van der Waals surface area contributed by atoms with Crippen molar-refractivity contribution in [1.29, 1.82) is 0 Å². The molecular weight excluding hydrogens is 562 g/mol. The zero-order valence-corrected chi connectivity index (χ0v) is 28.9. The number of piperidine rings is 1. The first-order chi connectivity index (χ1) is 21.3. The van der Waals surface area contributed by atoms with Crippen LogP contribution in [0.15, 0.2) is 48.5 Å². The summed E-state index contributed by atoms with van der Waals surface area (Å²) in [5.74, 6) is 0.505. The van der Waals surface area contributed by atoms with Crippen LogP contribution in [0.25, 0.3) is 11.1 Å². The van der Waals surface area contributed by atoms with Crippen molar-refractivity contribution < 1.29 is 19.0 Å². The summed E-state index contributed by atoms with van der Waals surface area (Å²) >= 11 is 0. The topological polar surface area (TPSA) is 72.9 Å². The molecule has 1 aliphatic rings. The van der Waals surface area contributed by atoms with Crippen molar-refractivity contribution >= 4 is 11.7 Å². The van der Waals surface area contributed by atoms with Crippen molar-refractivity contribution in [2.75, 3.05) is 38.3 Å². The summed E-state index contributed by atoms with van der Waals surface area (Å²) in [5, 5.41) is 3.58. The third-order valence-corrected chi connectivity index (χ3v) is 8.57.